The number of hydrazone groups is 1. The van der Waals surface area contributed by atoms with Gasteiger partial charge in [-0.1, -0.05) is 30.3 Å². The van der Waals surface area contributed by atoms with Gasteiger partial charge < -0.3 is 10.3 Å². The van der Waals surface area contributed by atoms with Crippen molar-refractivity contribution in [2.45, 2.75) is 19.9 Å². The van der Waals surface area contributed by atoms with Gasteiger partial charge in [-0.2, -0.15) is 5.10 Å². The maximum atomic E-state index is 12.1. The second-order valence-electron chi connectivity index (χ2n) is 5.76. The number of nitrogens with zero attached hydrogens (tertiary/aromatic N) is 1. The van der Waals surface area contributed by atoms with E-state index in [1.54, 1.807) is 13.1 Å². The van der Waals surface area contributed by atoms with Crippen LogP contribution in [0.5, 0.6) is 0 Å². The summed E-state index contributed by atoms with van der Waals surface area (Å²) in [6.45, 7) is 3.82. The first-order valence-electron chi connectivity index (χ1n) is 7.86. The SMILES string of the molecule is Cc1cccc(NC(C)C(=O)NN=Cc2c[nH]c3ccccc23)c1. The quantitative estimate of drug-likeness (QED) is 0.498. The summed E-state index contributed by atoms with van der Waals surface area (Å²) < 4.78 is 0. The normalized spacial score (nSPS) is 12.4. The summed E-state index contributed by atoms with van der Waals surface area (Å²) in [5.74, 6) is -0.187. The van der Waals surface area contributed by atoms with E-state index in [1.807, 2.05) is 61.7 Å². The van der Waals surface area contributed by atoms with Crippen LogP contribution in [0, 0.1) is 6.92 Å². The number of aryl methyl sites for hydroxylation is 1. The summed E-state index contributed by atoms with van der Waals surface area (Å²) in [5, 5.41) is 8.29. The molecule has 0 bridgehead atoms. The lowest BCUT2D eigenvalue weighted by atomic mass is 10.2. The lowest BCUT2D eigenvalue weighted by molar-refractivity contribution is -0.121. The van der Waals surface area contributed by atoms with Gasteiger partial charge in [-0.05, 0) is 37.6 Å². The zero-order valence-corrected chi connectivity index (χ0v) is 13.7. The highest BCUT2D eigenvalue weighted by Crippen LogP contribution is 2.15. The Morgan fingerprint density at radius 2 is 2.04 bits per heavy atom. The molecule has 5 nitrogen and oxygen atoms in total. The molecule has 1 unspecified atom stereocenters. The van der Waals surface area contributed by atoms with Crippen LogP contribution in [0.4, 0.5) is 5.69 Å². The van der Waals surface area contributed by atoms with Crippen LogP contribution in [0.2, 0.25) is 0 Å². The molecular weight excluding hydrogens is 300 g/mol. The van der Waals surface area contributed by atoms with Crippen LogP contribution in [-0.2, 0) is 4.79 Å². The molecule has 1 amide bonds. The van der Waals surface area contributed by atoms with Crippen molar-refractivity contribution in [2.75, 3.05) is 5.32 Å². The second kappa shape index (κ2) is 7.00. The van der Waals surface area contributed by atoms with Crippen molar-refractivity contribution in [2.24, 2.45) is 5.10 Å². The topological polar surface area (TPSA) is 69.3 Å². The Morgan fingerprint density at radius 1 is 1.21 bits per heavy atom. The maximum absolute atomic E-state index is 12.1. The number of anilines is 1. The number of amides is 1. The summed E-state index contributed by atoms with van der Waals surface area (Å²) in [5.41, 5.74) is 6.61. The average molecular weight is 320 g/mol. The molecule has 24 heavy (non-hydrogen) atoms. The van der Waals surface area contributed by atoms with Crippen molar-refractivity contribution in [1.82, 2.24) is 10.4 Å². The lowest BCUT2D eigenvalue weighted by Crippen LogP contribution is -2.34. The Bertz CT molecular complexity index is 882. The number of nitrogens with one attached hydrogen (secondary N) is 3. The van der Waals surface area contributed by atoms with E-state index in [2.05, 4.69) is 20.8 Å². The molecule has 0 aliphatic rings. The van der Waals surface area contributed by atoms with E-state index in [-0.39, 0.29) is 11.9 Å². The number of hydrogen-bond acceptors (Lipinski definition) is 3. The van der Waals surface area contributed by atoms with Gasteiger partial charge in [0.2, 0.25) is 0 Å². The minimum atomic E-state index is -0.382. The van der Waals surface area contributed by atoms with Crippen molar-refractivity contribution < 1.29 is 4.79 Å². The first-order valence-corrected chi connectivity index (χ1v) is 7.86. The highest BCUT2D eigenvalue weighted by Gasteiger charge is 2.11. The van der Waals surface area contributed by atoms with Crippen LogP contribution in [-0.4, -0.2) is 23.1 Å². The highest BCUT2D eigenvalue weighted by atomic mass is 16.2. The van der Waals surface area contributed by atoms with Gasteiger partial charge >= 0.3 is 0 Å². The van der Waals surface area contributed by atoms with Crippen LogP contribution in [0.3, 0.4) is 0 Å². The summed E-state index contributed by atoms with van der Waals surface area (Å²) >= 11 is 0. The number of carbonyl (C=O) groups is 1. The smallest absolute Gasteiger partial charge is 0.262 e. The number of carbonyl (C=O) groups excluding carboxylic acids is 1. The number of para-hydroxylation sites is 1. The highest BCUT2D eigenvalue weighted by molar-refractivity contribution is 5.99. The van der Waals surface area contributed by atoms with Crippen molar-refractivity contribution in [3.05, 3.63) is 65.9 Å². The first-order chi connectivity index (χ1) is 11.6. The molecule has 1 heterocycles. The Balaban J connectivity index is 1.60. The van der Waals surface area contributed by atoms with Gasteiger partial charge in [0.1, 0.15) is 6.04 Å². The van der Waals surface area contributed by atoms with Gasteiger partial charge in [-0.15, -0.1) is 0 Å². The molecule has 1 aromatic heterocycles. The predicted molar refractivity (Wildman–Crippen MR) is 98.3 cm³/mol. The third-order valence-corrected chi connectivity index (χ3v) is 3.79. The molecule has 0 radical (unpaired) electrons. The van der Waals surface area contributed by atoms with Crippen LogP contribution in [0.25, 0.3) is 10.9 Å². The van der Waals surface area contributed by atoms with E-state index >= 15 is 0 Å². The number of H-pyrrole nitrogens is 1. The lowest BCUT2D eigenvalue weighted by Gasteiger charge is -2.13. The van der Waals surface area contributed by atoms with Crippen molar-refractivity contribution >= 4 is 28.7 Å². The summed E-state index contributed by atoms with van der Waals surface area (Å²) in [7, 11) is 0. The van der Waals surface area contributed by atoms with E-state index in [0.29, 0.717) is 0 Å². The Morgan fingerprint density at radius 3 is 2.88 bits per heavy atom. The van der Waals surface area contributed by atoms with Gasteiger partial charge in [-0.25, -0.2) is 5.43 Å². The summed E-state index contributed by atoms with van der Waals surface area (Å²) in [4.78, 5) is 15.3. The number of fused-ring (bicyclic) bond motifs is 1. The molecule has 0 saturated carbocycles. The van der Waals surface area contributed by atoms with E-state index in [0.717, 1.165) is 27.7 Å². The fourth-order valence-electron chi connectivity index (χ4n) is 2.51. The van der Waals surface area contributed by atoms with Gasteiger partial charge in [0.25, 0.3) is 5.91 Å². The molecule has 1 atom stereocenters. The Kier molecular flexibility index (Phi) is 4.61. The van der Waals surface area contributed by atoms with Gasteiger partial charge in [0.15, 0.2) is 0 Å². The molecule has 5 heteroatoms. The molecule has 0 aliphatic heterocycles. The minimum Gasteiger partial charge on any atom is -0.374 e. The molecule has 122 valence electrons. The number of aromatic nitrogens is 1. The van der Waals surface area contributed by atoms with Crippen LogP contribution >= 0.6 is 0 Å². The zero-order valence-electron chi connectivity index (χ0n) is 13.7. The van der Waals surface area contributed by atoms with Crippen LogP contribution in [0.15, 0.2) is 59.8 Å². The fourth-order valence-corrected chi connectivity index (χ4v) is 2.51. The molecule has 0 fully saturated rings. The molecule has 3 rings (SSSR count). The largest absolute Gasteiger partial charge is 0.374 e. The van der Waals surface area contributed by atoms with Crippen molar-refractivity contribution in [3.63, 3.8) is 0 Å². The molecule has 3 N–H and O–H groups in total. The molecule has 0 spiro atoms. The van der Waals surface area contributed by atoms with Gasteiger partial charge in [0.05, 0.1) is 6.21 Å². The average Bonchev–Trinajstić information content (AvgIpc) is 2.98. The number of rotatable bonds is 5. The first kappa shape index (κ1) is 15.8. The summed E-state index contributed by atoms with van der Waals surface area (Å²) in [6.07, 6.45) is 3.52. The standard InChI is InChI=1S/C19H20N4O/c1-13-6-5-7-16(10-13)22-14(2)19(24)23-21-12-15-11-20-18-9-4-3-8-17(15)18/h3-12,14,20,22H,1-2H3,(H,23,24). The van der Waals surface area contributed by atoms with Crippen molar-refractivity contribution in [1.29, 1.82) is 0 Å². The molecular formula is C19H20N4O. The zero-order chi connectivity index (χ0) is 16.9. The minimum absolute atomic E-state index is 0.187. The summed E-state index contributed by atoms with van der Waals surface area (Å²) in [6, 6.07) is 15.5. The van der Waals surface area contributed by atoms with Gasteiger partial charge in [0, 0.05) is 28.4 Å². The second-order valence-corrected chi connectivity index (χ2v) is 5.76. The monoisotopic (exact) mass is 320 g/mol. The molecule has 2 aromatic carbocycles. The Hall–Kier alpha value is -3.08. The van der Waals surface area contributed by atoms with E-state index in [1.165, 1.54) is 0 Å². The van der Waals surface area contributed by atoms with Crippen LogP contribution < -0.4 is 10.7 Å². The third-order valence-electron chi connectivity index (χ3n) is 3.79. The number of benzene rings is 2. The number of aromatic amines is 1. The third kappa shape index (κ3) is 3.63. The Labute approximate surface area is 140 Å². The molecule has 0 aliphatic carbocycles. The molecule has 3 aromatic rings. The van der Waals surface area contributed by atoms with Crippen molar-refractivity contribution in [3.8, 4) is 0 Å². The van der Waals surface area contributed by atoms with Crippen LogP contribution in [0.1, 0.15) is 18.1 Å². The molecule has 0 saturated heterocycles. The predicted octanol–water partition coefficient (Wildman–Crippen LogP) is 3.43. The fraction of sp³-hybridized carbons (Fsp3) is 0.158. The van der Waals surface area contributed by atoms with E-state index in [4.69, 9.17) is 0 Å². The number of hydrogen-bond donors (Lipinski definition) is 3. The maximum Gasteiger partial charge on any atom is 0.262 e. The van der Waals surface area contributed by atoms with E-state index in [9.17, 15) is 4.79 Å². The van der Waals surface area contributed by atoms with Gasteiger partial charge in [-0.3, -0.25) is 4.79 Å². The van der Waals surface area contributed by atoms with E-state index < -0.39 is 0 Å².